The van der Waals surface area contributed by atoms with Gasteiger partial charge in [-0.3, -0.25) is 0 Å². The standard InChI is InChI=1S/C12H18O3.C10H13Br.2C10H14.C8H18.C6H14O.C5H12S.C5H10.C4H10.C3H8/c1-8(2)9-3-10(5-13)12(7-15)11(4-9)6-14;1-10(2,3)8-4-6-9(11)7-5-8;1-8(2)10-6-4-9(3)5-7-10;1-9(2)8-10-6-4-3-5-7-10;1-4-5-6-7-8(2)3;1-6(2)4-3-5-7;1-5(2)3-4-6;1-4-5(2)3;1-4(2)3;1-3-2/h3-4,8,13-15H,5-7H2,1-2H3;4-7H,1-3H3;4-8H,1-3H3;3-7,9H,8H2,1-2H3;8H,4-7H2,1-3H3;6-7H,3-5H2,1-2H3;5-6H,3-4H2,1-2H3;4-5H,1H2,2-3H3;4H,1-3H3;3H2,1-2H3. The van der Waals surface area contributed by atoms with Crippen LogP contribution in [0.3, 0.4) is 0 Å². The third-order valence-electron chi connectivity index (χ3n) is 11.1. The van der Waals surface area contributed by atoms with Crippen LogP contribution in [0.2, 0.25) is 0 Å². The second-order valence-corrected chi connectivity index (χ2v) is 26.2. The molecule has 4 rings (SSSR count). The van der Waals surface area contributed by atoms with E-state index in [-0.39, 0.29) is 25.2 Å². The summed E-state index contributed by atoms with van der Waals surface area (Å²) in [5.41, 5.74) is 8.96. The summed E-state index contributed by atoms with van der Waals surface area (Å²) in [6.45, 7) is 55.8. The van der Waals surface area contributed by atoms with E-state index in [9.17, 15) is 10.2 Å². The van der Waals surface area contributed by atoms with E-state index < -0.39 is 0 Å². The molecule has 0 aliphatic carbocycles. The lowest BCUT2D eigenvalue weighted by molar-refractivity contribution is 0.247. The molecule has 6 heteroatoms. The Labute approximate surface area is 507 Å². The van der Waals surface area contributed by atoms with E-state index in [0.717, 1.165) is 58.2 Å². The molecule has 0 spiro atoms. The number of unbranched alkanes of at least 4 members (excludes halogenated alkanes) is 2. The lowest BCUT2D eigenvalue weighted by Crippen LogP contribution is -2.10. The predicted molar refractivity (Wildman–Crippen MR) is 366 cm³/mol. The van der Waals surface area contributed by atoms with Gasteiger partial charge in [-0.1, -0.05) is 298 Å². The molecule has 0 bridgehead atoms. The maximum Gasteiger partial charge on any atom is 0.0688 e. The fourth-order valence-electron chi connectivity index (χ4n) is 6.19. The highest BCUT2D eigenvalue weighted by atomic mass is 79.9. The minimum atomic E-state index is -0.149. The van der Waals surface area contributed by atoms with Gasteiger partial charge in [0, 0.05) is 11.1 Å². The Morgan fingerprint density at radius 1 is 0.544 bits per heavy atom. The Hall–Kier alpha value is -2.71. The molecule has 4 aromatic carbocycles. The van der Waals surface area contributed by atoms with Crippen molar-refractivity contribution in [2.45, 2.75) is 261 Å². The third-order valence-corrected chi connectivity index (χ3v) is 11.9. The zero-order valence-corrected chi connectivity index (χ0v) is 58.6. The van der Waals surface area contributed by atoms with Gasteiger partial charge in [0.2, 0.25) is 0 Å². The SMILES string of the molecule is C=CC(C)C.CC(C)(C)c1ccc(Br)cc1.CC(C)C.CC(C)CCCO.CC(C)CCS.CC(C)Cc1ccccc1.CC(C)c1cc(CO)c(CO)c(CO)c1.CCC.CCCCCC(C)C.Cc1ccc(C(C)C)cc1. The van der Waals surface area contributed by atoms with Gasteiger partial charge in [-0.05, 0) is 142 Å². The highest BCUT2D eigenvalue weighted by Crippen LogP contribution is 2.25. The molecule has 0 aromatic heterocycles. The van der Waals surface area contributed by atoms with E-state index in [2.05, 4.69) is 280 Å². The minimum absolute atomic E-state index is 0.108. The molecule has 0 atom stereocenters. The van der Waals surface area contributed by atoms with E-state index >= 15 is 0 Å². The van der Waals surface area contributed by atoms with Gasteiger partial charge in [-0.2, -0.15) is 12.6 Å². The van der Waals surface area contributed by atoms with Crippen molar-refractivity contribution in [2.75, 3.05) is 12.4 Å². The molecule has 0 aliphatic heterocycles. The molecular weight excluding hydrogens is 1050 g/mol. The van der Waals surface area contributed by atoms with Crippen molar-refractivity contribution in [1.82, 2.24) is 0 Å². The first kappa shape index (κ1) is 87.5. The van der Waals surface area contributed by atoms with E-state index in [4.69, 9.17) is 10.2 Å². The number of hydrogen-bond donors (Lipinski definition) is 5. The highest BCUT2D eigenvalue weighted by molar-refractivity contribution is 9.10. The number of halogens is 1. The predicted octanol–water partition coefficient (Wildman–Crippen LogP) is 22.5. The number of rotatable bonds is 17. The van der Waals surface area contributed by atoms with E-state index in [0.29, 0.717) is 41.1 Å². The van der Waals surface area contributed by atoms with Gasteiger partial charge in [0.05, 0.1) is 19.8 Å². The molecule has 4 aromatic rings. The Morgan fingerprint density at radius 2 is 0.949 bits per heavy atom. The summed E-state index contributed by atoms with van der Waals surface area (Å²) in [5, 5.41) is 35.8. The van der Waals surface area contributed by atoms with Crippen LogP contribution < -0.4 is 0 Å². The number of benzene rings is 4. The molecular formula is C73H131BrO4S. The molecule has 460 valence electrons. The summed E-state index contributed by atoms with van der Waals surface area (Å²) in [7, 11) is 0. The van der Waals surface area contributed by atoms with Crippen molar-refractivity contribution in [2.24, 2.45) is 35.5 Å². The first-order chi connectivity index (χ1) is 36.8. The molecule has 0 fully saturated rings. The maximum absolute atomic E-state index is 9.18. The van der Waals surface area contributed by atoms with Crippen molar-refractivity contribution in [3.63, 3.8) is 0 Å². The molecule has 0 saturated heterocycles. The maximum atomic E-state index is 9.18. The molecule has 0 radical (unpaired) electrons. The summed E-state index contributed by atoms with van der Waals surface area (Å²) < 4.78 is 1.14. The van der Waals surface area contributed by atoms with Gasteiger partial charge >= 0.3 is 0 Å². The van der Waals surface area contributed by atoms with E-state index in [1.165, 1.54) is 67.2 Å². The summed E-state index contributed by atoms with van der Waals surface area (Å²) in [5.74, 6) is 6.74. The molecule has 0 amide bonds. The summed E-state index contributed by atoms with van der Waals surface area (Å²) in [6, 6.07) is 31.6. The van der Waals surface area contributed by atoms with Crippen LogP contribution in [0.4, 0.5) is 0 Å². The molecule has 4 N–H and O–H groups in total. The van der Waals surface area contributed by atoms with Crippen LogP contribution in [0.15, 0.2) is 108 Å². The lowest BCUT2D eigenvalue weighted by atomic mass is 9.87. The average molecular weight is 1180 g/mol. The van der Waals surface area contributed by atoms with Crippen molar-refractivity contribution in [1.29, 1.82) is 0 Å². The van der Waals surface area contributed by atoms with Crippen LogP contribution in [0.1, 0.15) is 267 Å². The zero-order chi connectivity index (χ0) is 62.5. The van der Waals surface area contributed by atoms with Crippen molar-refractivity contribution in [3.8, 4) is 0 Å². The first-order valence-corrected chi connectivity index (χ1v) is 32.0. The van der Waals surface area contributed by atoms with Crippen molar-refractivity contribution in [3.05, 3.63) is 153 Å². The van der Waals surface area contributed by atoms with Crippen LogP contribution in [0, 0.1) is 42.4 Å². The zero-order valence-electron chi connectivity index (χ0n) is 56.1. The number of hydrogen-bond acceptors (Lipinski definition) is 5. The number of aliphatic hydroxyl groups is 4. The van der Waals surface area contributed by atoms with E-state index in [1.807, 2.05) is 18.2 Å². The van der Waals surface area contributed by atoms with Gasteiger partial charge in [0.15, 0.2) is 0 Å². The van der Waals surface area contributed by atoms with Crippen LogP contribution in [0.5, 0.6) is 0 Å². The van der Waals surface area contributed by atoms with Gasteiger partial charge in [-0.25, -0.2) is 0 Å². The monoisotopic (exact) mass is 1180 g/mol. The Balaban J connectivity index is -0.000000193. The topological polar surface area (TPSA) is 80.9 Å². The fourth-order valence-corrected chi connectivity index (χ4v) is 6.97. The molecule has 4 nitrogen and oxygen atoms in total. The molecule has 0 heterocycles. The minimum Gasteiger partial charge on any atom is -0.396 e. The third kappa shape index (κ3) is 64.3. The number of thiol groups is 1. The van der Waals surface area contributed by atoms with Gasteiger partial charge in [0.25, 0.3) is 0 Å². The smallest absolute Gasteiger partial charge is 0.0688 e. The highest BCUT2D eigenvalue weighted by Gasteiger charge is 2.13. The largest absolute Gasteiger partial charge is 0.396 e. The van der Waals surface area contributed by atoms with Crippen LogP contribution >= 0.6 is 28.6 Å². The molecule has 79 heavy (non-hydrogen) atoms. The van der Waals surface area contributed by atoms with Crippen LogP contribution in [0.25, 0.3) is 0 Å². The molecule has 0 saturated carbocycles. The second kappa shape index (κ2) is 58.5. The summed E-state index contributed by atoms with van der Waals surface area (Å²) in [6.07, 6.45) is 13.3. The van der Waals surface area contributed by atoms with Crippen LogP contribution in [-0.4, -0.2) is 32.8 Å². The Morgan fingerprint density at radius 3 is 1.22 bits per heavy atom. The summed E-state index contributed by atoms with van der Waals surface area (Å²) in [4.78, 5) is 0. The van der Waals surface area contributed by atoms with E-state index in [1.54, 1.807) is 0 Å². The second-order valence-electron chi connectivity index (χ2n) is 24.8. The average Bonchev–Trinajstić information content (AvgIpc) is 3.36. The number of allylic oxidation sites excluding steroid dienone is 1. The Bertz CT molecular complexity index is 1810. The molecule has 0 aliphatic rings. The fraction of sp³-hybridized carbons (Fsp3) is 0.644. The van der Waals surface area contributed by atoms with Crippen molar-refractivity contribution < 1.29 is 20.4 Å². The lowest BCUT2D eigenvalue weighted by Gasteiger charge is -2.18. The number of aliphatic hydroxyl groups excluding tert-OH is 4. The number of aryl methyl sites for hydroxylation is 1. The molecule has 0 unspecified atom stereocenters. The van der Waals surface area contributed by atoms with Gasteiger partial charge in [-0.15, -0.1) is 6.58 Å². The normalized spacial score (nSPS) is 10.3. The first-order valence-electron chi connectivity index (χ1n) is 30.5. The summed E-state index contributed by atoms with van der Waals surface area (Å²) >= 11 is 7.47. The Kier molecular flexibility index (Phi) is 64.8. The van der Waals surface area contributed by atoms with Gasteiger partial charge < -0.3 is 20.4 Å². The van der Waals surface area contributed by atoms with Gasteiger partial charge in [0.1, 0.15) is 0 Å². The quantitative estimate of drug-likeness (QED) is 0.0415. The van der Waals surface area contributed by atoms with Crippen LogP contribution in [-0.2, 0) is 31.7 Å². The van der Waals surface area contributed by atoms with Crippen molar-refractivity contribution >= 4 is 28.6 Å².